The SMILES string of the molecule is COc1c2c(c(OC)c3ccccc13)C(=O)CN(C(=O)OC(C)(C)C)C2. The Morgan fingerprint density at radius 3 is 2.12 bits per heavy atom. The van der Waals surface area contributed by atoms with E-state index < -0.39 is 11.7 Å². The van der Waals surface area contributed by atoms with Gasteiger partial charge in [-0.25, -0.2) is 4.79 Å². The first-order valence-electron chi connectivity index (χ1n) is 8.43. The van der Waals surface area contributed by atoms with Gasteiger partial charge in [-0.1, -0.05) is 24.3 Å². The topological polar surface area (TPSA) is 65.1 Å². The zero-order chi connectivity index (χ0) is 19.1. The number of hydrogen-bond donors (Lipinski definition) is 0. The lowest BCUT2D eigenvalue weighted by molar-refractivity contribution is 0.0218. The van der Waals surface area contributed by atoms with E-state index in [9.17, 15) is 9.59 Å². The van der Waals surface area contributed by atoms with Gasteiger partial charge < -0.3 is 14.2 Å². The molecule has 2 aromatic rings. The van der Waals surface area contributed by atoms with Gasteiger partial charge in [0.2, 0.25) is 0 Å². The van der Waals surface area contributed by atoms with E-state index in [4.69, 9.17) is 14.2 Å². The van der Waals surface area contributed by atoms with E-state index in [1.54, 1.807) is 35.0 Å². The summed E-state index contributed by atoms with van der Waals surface area (Å²) in [4.78, 5) is 26.7. The van der Waals surface area contributed by atoms with E-state index in [0.717, 1.165) is 10.8 Å². The number of ether oxygens (including phenoxy) is 3. The first-order valence-corrected chi connectivity index (χ1v) is 8.43. The number of Topliss-reactive ketones (excluding diaryl/α,β-unsaturated/α-hetero) is 1. The van der Waals surface area contributed by atoms with Crippen LogP contribution in [-0.2, 0) is 11.3 Å². The van der Waals surface area contributed by atoms with Crippen molar-refractivity contribution in [1.82, 2.24) is 4.90 Å². The fourth-order valence-corrected chi connectivity index (χ4v) is 3.27. The third-order valence-corrected chi connectivity index (χ3v) is 4.24. The molecule has 138 valence electrons. The Bertz CT molecular complexity index is 882. The number of carbonyl (C=O) groups is 2. The van der Waals surface area contributed by atoms with E-state index in [-0.39, 0.29) is 18.9 Å². The summed E-state index contributed by atoms with van der Waals surface area (Å²) in [6.07, 6.45) is -0.523. The molecule has 6 nitrogen and oxygen atoms in total. The molecule has 2 aromatic carbocycles. The highest BCUT2D eigenvalue weighted by Gasteiger charge is 2.35. The highest BCUT2D eigenvalue weighted by Crippen LogP contribution is 2.43. The molecule has 3 rings (SSSR count). The van der Waals surface area contributed by atoms with Crippen LogP contribution in [0.15, 0.2) is 24.3 Å². The average molecular weight is 357 g/mol. The van der Waals surface area contributed by atoms with Crippen LogP contribution < -0.4 is 9.47 Å². The number of carbonyl (C=O) groups excluding carboxylic acids is 2. The van der Waals surface area contributed by atoms with Gasteiger partial charge in [-0.2, -0.15) is 0 Å². The number of fused-ring (bicyclic) bond motifs is 2. The first-order chi connectivity index (χ1) is 12.3. The molecule has 26 heavy (non-hydrogen) atoms. The molecule has 6 heteroatoms. The van der Waals surface area contributed by atoms with Crippen LogP contribution in [0.4, 0.5) is 4.79 Å². The zero-order valence-electron chi connectivity index (χ0n) is 15.7. The fraction of sp³-hybridized carbons (Fsp3) is 0.400. The predicted molar refractivity (Wildman–Crippen MR) is 98.0 cm³/mol. The van der Waals surface area contributed by atoms with Crippen LogP contribution >= 0.6 is 0 Å². The van der Waals surface area contributed by atoms with E-state index in [1.807, 2.05) is 24.3 Å². The normalized spacial score (nSPS) is 14.2. The summed E-state index contributed by atoms with van der Waals surface area (Å²) in [5.41, 5.74) is 0.485. The van der Waals surface area contributed by atoms with Crippen molar-refractivity contribution in [3.8, 4) is 11.5 Å². The van der Waals surface area contributed by atoms with Gasteiger partial charge in [0.15, 0.2) is 5.78 Å². The maximum atomic E-state index is 12.9. The second-order valence-electron chi connectivity index (χ2n) is 7.23. The van der Waals surface area contributed by atoms with Gasteiger partial charge in [-0.3, -0.25) is 9.69 Å². The average Bonchev–Trinajstić information content (AvgIpc) is 2.58. The summed E-state index contributed by atoms with van der Waals surface area (Å²) in [5, 5.41) is 1.65. The number of amides is 1. The van der Waals surface area contributed by atoms with Crippen molar-refractivity contribution in [1.29, 1.82) is 0 Å². The molecular formula is C20H23NO5. The second-order valence-corrected chi connectivity index (χ2v) is 7.23. The monoisotopic (exact) mass is 357 g/mol. The van der Waals surface area contributed by atoms with Crippen LogP contribution in [0.5, 0.6) is 11.5 Å². The summed E-state index contributed by atoms with van der Waals surface area (Å²) in [6, 6.07) is 7.59. The number of methoxy groups -OCH3 is 2. The third kappa shape index (κ3) is 3.07. The molecule has 0 atom stereocenters. The second kappa shape index (κ2) is 6.52. The Kier molecular flexibility index (Phi) is 4.52. The van der Waals surface area contributed by atoms with Crippen molar-refractivity contribution in [2.24, 2.45) is 0 Å². The zero-order valence-corrected chi connectivity index (χ0v) is 15.7. The van der Waals surface area contributed by atoms with Crippen LogP contribution in [0, 0.1) is 0 Å². The molecule has 0 unspecified atom stereocenters. The summed E-state index contributed by atoms with van der Waals surface area (Å²) in [6.45, 7) is 5.55. The van der Waals surface area contributed by atoms with Crippen LogP contribution in [0.2, 0.25) is 0 Å². The Labute approximate surface area is 152 Å². The number of ketones is 1. The predicted octanol–water partition coefficient (Wildman–Crippen LogP) is 3.79. The molecule has 0 N–H and O–H groups in total. The molecular weight excluding hydrogens is 334 g/mol. The van der Waals surface area contributed by atoms with Gasteiger partial charge in [0.1, 0.15) is 17.1 Å². The van der Waals surface area contributed by atoms with Crippen LogP contribution in [0.25, 0.3) is 10.8 Å². The fourth-order valence-electron chi connectivity index (χ4n) is 3.27. The van der Waals surface area contributed by atoms with E-state index >= 15 is 0 Å². The maximum absolute atomic E-state index is 12.9. The maximum Gasteiger partial charge on any atom is 0.411 e. The minimum absolute atomic E-state index is 0.0558. The minimum atomic E-state index is -0.633. The lowest BCUT2D eigenvalue weighted by atomic mass is 9.92. The first kappa shape index (κ1) is 18.0. The van der Waals surface area contributed by atoms with Crippen molar-refractivity contribution in [3.63, 3.8) is 0 Å². The molecule has 1 aliphatic rings. The van der Waals surface area contributed by atoms with Gasteiger partial charge in [-0.05, 0) is 20.8 Å². The summed E-state index contributed by atoms with van der Waals surface area (Å²) < 4.78 is 16.6. The van der Waals surface area contributed by atoms with Gasteiger partial charge in [0.05, 0.1) is 32.9 Å². The van der Waals surface area contributed by atoms with Gasteiger partial charge >= 0.3 is 6.09 Å². The molecule has 1 heterocycles. The molecule has 0 fully saturated rings. The lowest BCUT2D eigenvalue weighted by Gasteiger charge is -2.32. The van der Waals surface area contributed by atoms with Crippen molar-refractivity contribution in [2.45, 2.75) is 32.9 Å². The molecule has 0 aliphatic carbocycles. The number of benzene rings is 2. The van der Waals surface area contributed by atoms with Gasteiger partial charge in [0.25, 0.3) is 0 Å². The number of hydrogen-bond acceptors (Lipinski definition) is 5. The van der Waals surface area contributed by atoms with Crippen LogP contribution in [-0.4, -0.2) is 43.1 Å². The van der Waals surface area contributed by atoms with E-state index in [0.29, 0.717) is 22.6 Å². The Balaban J connectivity index is 2.15. The molecule has 0 aromatic heterocycles. The number of rotatable bonds is 2. The van der Waals surface area contributed by atoms with Crippen molar-refractivity contribution in [2.75, 3.05) is 20.8 Å². The molecule has 0 bridgehead atoms. The highest BCUT2D eigenvalue weighted by molar-refractivity contribution is 6.11. The van der Waals surface area contributed by atoms with E-state index in [2.05, 4.69) is 0 Å². The lowest BCUT2D eigenvalue weighted by Crippen LogP contribution is -2.42. The highest BCUT2D eigenvalue weighted by atomic mass is 16.6. The Morgan fingerprint density at radius 2 is 1.58 bits per heavy atom. The summed E-state index contributed by atoms with van der Waals surface area (Å²) in [7, 11) is 3.10. The molecule has 1 amide bonds. The smallest absolute Gasteiger partial charge is 0.411 e. The van der Waals surface area contributed by atoms with Gasteiger partial charge in [-0.15, -0.1) is 0 Å². The largest absolute Gasteiger partial charge is 0.496 e. The quantitative estimate of drug-likeness (QED) is 0.818. The van der Waals surface area contributed by atoms with Crippen LogP contribution in [0.1, 0.15) is 36.7 Å². The Morgan fingerprint density at radius 1 is 1.00 bits per heavy atom. The van der Waals surface area contributed by atoms with E-state index in [1.165, 1.54) is 4.90 Å². The number of nitrogens with zero attached hydrogens (tertiary/aromatic N) is 1. The molecule has 0 saturated carbocycles. The minimum Gasteiger partial charge on any atom is -0.496 e. The third-order valence-electron chi connectivity index (χ3n) is 4.24. The van der Waals surface area contributed by atoms with Crippen molar-refractivity contribution in [3.05, 3.63) is 35.4 Å². The van der Waals surface area contributed by atoms with Gasteiger partial charge in [0, 0.05) is 16.3 Å². The summed E-state index contributed by atoms with van der Waals surface area (Å²) in [5.74, 6) is 0.904. The van der Waals surface area contributed by atoms with Crippen molar-refractivity contribution < 1.29 is 23.8 Å². The molecule has 0 spiro atoms. The Hall–Kier alpha value is -2.76. The summed E-state index contributed by atoms with van der Waals surface area (Å²) >= 11 is 0. The standard InChI is InChI=1S/C20H23NO5/c1-20(2,3)26-19(23)21-10-14-16(15(22)11-21)18(25-5)13-9-7-6-8-12(13)17(14)24-4/h6-9H,10-11H2,1-5H3. The molecule has 0 radical (unpaired) electrons. The molecule has 1 aliphatic heterocycles. The van der Waals surface area contributed by atoms with Crippen molar-refractivity contribution >= 4 is 22.6 Å². The molecule has 0 saturated heterocycles. The van der Waals surface area contributed by atoms with Crippen LogP contribution in [0.3, 0.4) is 0 Å².